The maximum absolute atomic E-state index is 5.36. The van der Waals surface area contributed by atoms with Gasteiger partial charge in [-0.1, -0.05) is 0 Å². The van der Waals surface area contributed by atoms with Crippen molar-refractivity contribution >= 4 is 5.69 Å². The Kier molecular flexibility index (Phi) is 2.68. The highest BCUT2D eigenvalue weighted by Gasteiger charge is 2.20. The van der Waals surface area contributed by atoms with Crippen molar-refractivity contribution in [2.75, 3.05) is 25.2 Å². The normalized spacial score (nSPS) is 21.1. The van der Waals surface area contributed by atoms with Crippen molar-refractivity contribution in [3.63, 3.8) is 0 Å². The Morgan fingerprint density at radius 3 is 2.93 bits per heavy atom. The predicted octanol–water partition coefficient (Wildman–Crippen LogP) is 1.62. The lowest BCUT2D eigenvalue weighted by atomic mass is 10.2. The summed E-state index contributed by atoms with van der Waals surface area (Å²) in [4.78, 5) is 6.54. The van der Waals surface area contributed by atoms with Gasteiger partial charge in [0.1, 0.15) is 0 Å². The zero-order valence-electron chi connectivity index (χ0n) is 8.73. The lowest BCUT2D eigenvalue weighted by Gasteiger charge is -2.24. The van der Waals surface area contributed by atoms with Crippen LogP contribution in [-0.2, 0) is 4.74 Å². The first-order valence-electron chi connectivity index (χ1n) is 5.00. The molecule has 1 fully saturated rings. The Bertz CT molecular complexity index is 291. The first-order valence-corrected chi connectivity index (χ1v) is 5.00. The molecule has 0 aliphatic carbocycles. The van der Waals surface area contributed by atoms with Crippen LogP contribution < -0.4 is 4.90 Å². The van der Waals surface area contributed by atoms with Crippen molar-refractivity contribution in [3.05, 3.63) is 24.0 Å². The Balaban J connectivity index is 2.09. The summed E-state index contributed by atoms with van der Waals surface area (Å²) in [6, 6.07) is 4.67. The monoisotopic (exact) mass is 192 g/mol. The zero-order valence-corrected chi connectivity index (χ0v) is 8.73. The second-order valence-corrected chi connectivity index (χ2v) is 3.79. The molecule has 1 aromatic rings. The maximum atomic E-state index is 5.36. The fourth-order valence-electron chi connectivity index (χ4n) is 1.71. The van der Waals surface area contributed by atoms with Crippen LogP contribution in [0.3, 0.4) is 0 Å². The maximum Gasteiger partial charge on any atom is 0.0670 e. The summed E-state index contributed by atoms with van der Waals surface area (Å²) in [5, 5.41) is 0. The lowest BCUT2D eigenvalue weighted by molar-refractivity contribution is 0.193. The Morgan fingerprint density at radius 2 is 2.36 bits per heavy atom. The Morgan fingerprint density at radius 1 is 1.50 bits per heavy atom. The van der Waals surface area contributed by atoms with Crippen LogP contribution in [0, 0.1) is 6.92 Å². The van der Waals surface area contributed by atoms with Crippen LogP contribution in [0.5, 0.6) is 0 Å². The molecule has 0 saturated carbocycles. The van der Waals surface area contributed by atoms with Crippen LogP contribution in [0.25, 0.3) is 0 Å². The van der Waals surface area contributed by atoms with Gasteiger partial charge in [0.25, 0.3) is 0 Å². The minimum Gasteiger partial charge on any atom is -0.379 e. The van der Waals surface area contributed by atoms with E-state index in [1.807, 2.05) is 19.2 Å². The van der Waals surface area contributed by atoms with Crippen molar-refractivity contribution in [1.29, 1.82) is 0 Å². The average Bonchev–Trinajstić information content (AvgIpc) is 2.71. The molecule has 1 unspecified atom stereocenters. The van der Waals surface area contributed by atoms with E-state index in [1.54, 1.807) is 0 Å². The van der Waals surface area contributed by atoms with E-state index in [-0.39, 0.29) is 0 Å². The second-order valence-electron chi connectivity index (χ2n) is 3.79. The summed E-state index contributed by atoms with van der Waals surface area (Å²) < 4.78 is 5.36. The molecule has 1 saturated heterocycles. The minimum absolute atomic E-state index is 0.513. The van der Waals surface area contributed by atoms with Crippen molar-refractivity contribution < 1.29 is 4.74 Å². The van der Waals surface area contributed by atoms with E-state index < -0.39 is 0 Å². The number of aryl methyl sites for hydroxylation is 1. The molecule has 1 atom stereocenters. The van der Waals surface area contributed by atoms with Gasteiger partial charge in [-0.3, -0.25) is 4.98 Å². The first kappa shape index (κ1) is 9.46. The second kappa shape index (κ2) is 3.96. The fraction of sp³-hybridized carbons (Fsp3) is 0.545. The molecule has 1 aromatic heterocycles. The number of hydrogen-bond acceptors (Lipinski definition) is 3. The Hall–Kier alpha value is -1.09. The van der Waals surface area contributed by atoms with E-state index in [0.717, 1.165) is 25.3 Å². The largest absolute Gasteiger partial charge is 0.379 e. The molecule has 0 radical (unpaired) electrons. The summed E-state index contributed by atoms with van der Waals surface area (Å²) in [7, 11) is 2.10. The minimum atomic E-state index is 0.513. The average molecular weight is 192 g/mol. The van der Waals surface area contributed by atoms with Crippen LogP contribution in [0.2, 0.25) is 0 Å². The predicted molar refractivity (Wildman–Crippen MR) is 56.6 cm³/mol. The summed E-state index contributed by atoms with van der Waals surface area (Å²) in [5.41, 5.74) is 2.23. The molecule has 76 valence electrons. The van der Waals surface area contributed by atoms with Gasteiger partial charge in [-0.05, 0) is 25.5 Å². The number of hydrogen-bond donors (Lipinski definition) is 0. The highest BCUT2D eigenvalue weighted by Crippen LogP contribution is 2.18. The molecule has 0 aromatic carbocycles. The molecule has 3 nitrogen and oxygen atoms in total. The van der Waals surface area contributed by atoms with E-state index in [1.165, 1.54) is 5.69 Å². The SMILES string of the molecule is Cc1ccc(N(C)C2CCOC2)cn1. The van der Waals surface area contributed by atoms with Crippen LogP contribution in [0.1, 0.15) is 12.1 Å². The first-order chi connectivity index (χ1) is 6.77. The molecule has 2 rings (SSSR count). The van der Waals surface area contributed by atoms with E-state index in [4.69, 9.17) is 4.74 Å². The third-order valence-corrected chi connectivity index (χ3v) is 2.76. The van der Waals surface area contributed by atoms with Gasteiger partial charge in [-0.2, -0.15) is 0 Å². The summed E-state index contributed by atoms with van der Waals surface area (Å²) >= 11 is 0. The molecule has 2 heterocycles. The van der Waals surface area contributed by atoms with Crippen molar-refractivity contribution in [2.24, 2.45) is 0 Å². The van der Waals surface area contributed by atoms with Crippen LogP contribution >= 0.6 is 0 Å². The number of ether oxygens (including phenoxy) is 1. The van der Waals surface area contributed by atoms with Gasteiger partial charge in [0.2, 0.25) is 0 Å². The van der Waals surface area contributed by atoms with Gasteiger partial charge in [0, 0.05) is 19.3 Å². The molecule has 1 aliphatic heterocycles. The topological polar surface area (TPSA) is 25.4 Å². The molecular weight excluding hydrogens is 176 g/mol. The van der Waals surface area contributed by atoms with Gasteiger partial charge in [-0.15, -0.1) is 0 Å². The summed E-state index contributed by atoms with van der Waals surface area (Å²) in [5.74, 6) is 0. The van der Waals surface area contributed by atoms with Crippen molar-refractivity contribution in [1.82, 2.24) is 4.98 Å². The third-order valence-electron chi connectivity index (χ3n) is 2.76. The number of nitrogens with zero attached hydrogens (tertiary/aromatic N) is 2. The number of pyridine rings is 1. The number of rotatable bonds is 2. The molecule has 3 heteroatoms. The molecule has 0 amide bonds. The van der Waals surface area contributed by atoms with E-state index in [0.29, 0.717) is 6.04 Å². The van der Waals surface area contributed by atoms with Crippen molar-refractivity contribution in [2.45, 2.75) is 19.4 Å². The number of aromatic nitrogens is 1. The van der Waals surface area contributed by atoms with Crippen LogP contribution in [0.4, 0.5) is 5.69 Å². The van der Waals surface area contributed by atoms with Gasteiger partial charge in [0.05, 0.1) is 24.5 Å². The Labute approximate surface area is 84.7 Å². The smallest absolute Gasteiger partial charge is 0.0670 e. The molecule has 14 heavy (non-hydrogen) atoms. The number of likely N-dealkylation sites (N-methyl/N-ethyl adjacent to an activating group) is 1. The van der Waals surface area contributed by atoms with Crippen molar-refractivity contribution in [3.8, 4) is 0 Å². The highest BCUT2D eigenvalue weighted by atomic mass is 16.5. The standard InChI is InChI=1S/C11H16N2O/c1-9-3-4-10(7-12-9)13(2)11-5-6-14-8-11/h3-4,7,11H,5-6,8H2,1-2H3. The molecule has 0 spiro atoms. The van der Waals surface area contributed by atoms with Gasteiger partial charge < -0.3 is 9.64 Å². The van der Waals surface area contributed by atoms with Gasteiger partial charge in [0.15, 0.2) is 0 Å². The summed E-state index contributed by atoms with van der Waals surface area (Å²) in [6.45, 7) is 3.72. The lowest BCUT2D eigenvalue weighted by Crippen LogP contribution is -2.31. The van der Waals surface area contributed by atoms with Crippen LogP contribution in [-0.4, -0.2) is 31.3 Å². The summed E-state index contributed by atoms with van der Waals surface area (Å²) in [6.07, 6.45) is 3.04. The third kappa shape index (κ3) is 1.87. The zero-order chi connectivity index (χ0) is 9.97. The van der Waals surface area contributed by atoms with Crippen LogP contribution in [0.15, 0.2) is 18.3 Å². The molecule has 1 aliphatic rings. The van der Waals surface area contributed by atoms with E-state index in [2.05, 4.69) is 23.0 Å². The molecule has 0 bridgehead atoms. The van der Waals surface area contributed by atoms with E-state index in [9.17, 15) is 0 Å². The highest BCUT2D eigenvalue weighted by molar-refractivity contribution is 5.44. The number of anilines is 1. The fourth-order valence-corrected chi connectivity index (χ4v) is 1.71. The van der Waals surface area contributed by atoms with Gasteiger partial charge in [-0.25, -0.2) is 0 Å². The van der Waals surface area contributed by atoms with E-state index >= 15 is 0 Å². The molecule has 0 N–H and O–H groups in total. The van der Waals surface area contributed by atoms with Gasteiger partial charge >= 0.3 is 0 Å². The quantitative estimate of drug-likeness (QED) is 0.712. The molecular formula is C11H16N2O.